The third-order valence-electron chi connectivity index (χ3n) is 4.86. The molecule has 2 rings (SSSR count). The monoisotopic (exact) mass is 524 g/mol. The highest BCUT2D eigenvalue weighted by molar-refractivity contribution is 7.80. The van der Waals surface area contributed by atoms with E-state index in [4.69, 9.17) is 9.29 Å². The van der Waals surface area contributed by atoms with Gasteiger partial charge in [0.2, 0.25) is 5.91 Å². The molecular formula is C24H36N4O5S2. The van der Waals surface area contributed by atoms with Crippen molar-refractivity contribution in [3.8, 4) is 0 Å². The van der Waals surface area contributed by atoms with Crippen LogP contribution >= 0.6 is 11.3 Å². The molecule has 2 amide bonds. The smallest absolute Gasteiger partial charge is 0.408 e. The molecule has 0 radical (unpaired) electrons. The van der Waals surface area contributed by atoms with E-state index in [0.29, 0.717) is 18.5 Å². The number of benzene rings is 1. The molecule has 3 atom stereocenters. The molecule has 2 aromatic rings. The SMILES string of the molecule is CCc1csc([C@H](Cc2ccc(NS(=O)O)cc2)NC(=O)[C@H](CC(C)C)NC(=O)OC(C)(C)C)n1. The van der Waals surface area contributed by atoms with Crippen molar-refractivity contribution in [3.63, 3.8) is 0 Å². The average Bonchev–Trinajstić information content (AvgIpc) is 3.21. The van der Waals surface area contributed by atoms with Gasteiger partial charge in [-0.1, -0.05) is 32.9 Å². The molecule has 35 heavy (non-hydrogen) atoms. The molecule has 1 aromatic heterocycles. The Kier molecular flexibility index (Phi) is 10.7. The van der Waals surface area contributed by atoms with Gasteiger partial charge in [-0.3, -0.25) is 14.1 Å². The van der Waals surface area contributed by atoms with E-state index in [2.05, 4.69) is 20.3 Å². The van der Waals surface area contributed by atoms with E-state index in [0.717, 1.165) is 22.7 Å². The highest BCUT2D eigenvalue weighted by Gasteiger charge is 2.28. The minimum Gasteiger partial charge on any atom is -0.444 e. The van der Waals surface area contributed by atoms with Gasteiger partial charge in [-0.2, -0.15) is 0 Å². The van der Waals surface area contributed by atoms with Crippen molar-refractivity contribution in [3.05, 3.63) is 45.9 Å². The van der Waals surface area contributed by atoms with Crippen LogP contribution in [0.2, 0.25) is 0 Å². The van der Waals surface area contributed by atoms with Crippen LogP contribution in [0.4, 0.5) is 10.5 Å². The van der Waals surface area contributed by atoms with E-state index in [1.54, 1.807) is 32.9 Å². The number of alkyl carbamates (subject to hydrolysis) is 1. The van der Waals surface area contributed by atoms with Gasteiger partial charge in [0.25, 0.3) is 11.3 Å². The normalized spacial score (nSPS) is 14.2. The Labute approximate surface area is 213 Å². The van der Waals surface area contributed by atoms with Gasteiger partial charge in [0.15, 0.2) is 0 Å². The number of aromatic nitrogens is 1. The van der Waals surface area contributed by atoms with Crippen LogP contribution in [0.3, 0.4) is 0 Å². The Bertz CT molecular complexity index is 1000. The van der Waals surface area contributed by atoms with Gasteiger partial charge in [-0.15, -0.1) is 11.3 Å². The number of nitrogens with zero attached hydrogens (tertiary/aromatic N) is 1. The molecule has 0 spiro atoms. The van der Waals surface area contributed by atoms with Crippen LogP contribution in [0.1, 0.15) is 70.3 Å². The van der Waals surface area contributed by atoms with Gasteiger partial charge in [-0.25, -0.2) is 14.0 Å². The van der Waals surface area contributed by atoms with Gasteiger partial charge in [-0.05, 0) is 63.6 Å². The van der Waals surface area contributed by atoms with Crippen molar-refractivity contribution in [1.82, 2.24) is 15.6 Å². The van der Waals surface area contributed by atoms with E-state index in [9.17, 15) is 13.8 Å². The Morgan fingerprint density at radius 2 is 1.83 bits per heavy atom. The first kappa shape index (κ1) is 28.7. The van der Waals surface area contributed by atoms with Crippen molar-refractivity contribution < 1.29 is 23.1 Å². The quantitative estimate of drug-likeness (QED) is 0.318. The molecule has 1 unspecified atom stereocenters. The molecule has 9 nitrogen and oxygen atoms in total. The second-order valence-electron chi connectivity index (χ2n) is 9.67. The number of nitrogens with one attached hydrogen (secondary N) is 3. The summed E-state index contributed by atoms with van der Waals surface area (Å²) >= 11 is -0.673. The molecule has 1 heterocycles. The Hall–Kier alpha value is -2.50. The number of hydrogen-bond donors (Lipinski definition) is 4. The van der Waals surface area contributed by atoms with E-state index in [1.165, 1.54) is 11.3 Å². The second kappa shape index (κ2) is 13.0. The molecule has 0 saturated heterocycles. The summed E-state index contributed by atoms with van der Waals surface area (Å²) in [7, 11) is 0. The summed E-state index contributed by atoms with van der Waals surface area (Å²) < 4.78 is 27.7. The molecule has 0 saturated carbocycles. The minimum atomic E-state index is -2.15. The molecule has 0 aliphatic heterocycles. The van der Waals surface area contributed by atoms with E-state index in [1.807, 2.05) is 38.3 Å². The van der Waals surface area contributed by atoms with Crippen LogP contribution in [-0.4, -0.2) is 37.4 Å². The number of thiazole rings is 1. The van der Waals surface area contributed by atoms with E-state index < -0.39 is 35.0 Å². The molecule has 194 valence electrons. The molecular weight excluding hydrogens is 488 g/mol. The summed E-state index contributed by atoms with van der Waals surface area (Å²) in [6, 6.07) is 5.89. The number of hydrogen-bond acceptors (Lipinski definition) is 6. The maximum Gasteiger partial charge on any atom is 0.408 e. The Morgan fingerprint density at radius 3 is 2.34 bits per heavy atom. The third kappa shape index (κ3) is 10.3. The lowest BCUT2D eigenvalue weighted by atomic mass is 10.0. The fraction of sp³-hybridized carbons (Fsp3) is 0.542. The Morgan fingerprint density at radius 1 is 1.17 bits per heavy atom. The topological polar surface area (TPSA) is 130 Å². The molecule has 0 fully saturated rings. The number of rotatable bonds is 11. The van der Waals surface area contributed by atoms with Crippen LogP contribution in [0.25, 0.3) is 0 Å². The number of anilines is 1. The van der Waals surface area contributed by atoms with Crippen molar-refractivity contribution in [1.29, 1.82) is 0 Å². The van der Waals surface area contributed by atoms with Crippen LogP contribution in [0.15, 0.2) is 29.6 Å². The second-order valence-corrected chi connectivity index (χ2v) is 11.3. The van der Waals surface area contributed by atoms with E-state index in [-0.39, 0.29) is 11.8 Å². The molecule has 0 bridgehead atoms. The maximum absolute atomic E-state index is 13.3. The Balaban J connectivity index is 2.23. The zero-order chi connectivity index (χ0) is 26.2. The summed E-state index contributed by atoms with van der Waals surface area (Å²) in [6.07, 6.45) is 1.06. The van der Waals surface area contributed by atoms with Gasteiger partial charge in [0.1, 0.15) is 16.7 Å². The first-order valence-corrected chi connectivity index (χ1v) is 13.6. The summed E-state index contributed by atoms with van der Waals surface area (Å²) in [4.78, 5) is 30.4. The predicted octanol–water partition coefficient (Wildman–Crippen LogP) is 4.59. The van der Waals surface area contributed by atoms with Crippen molar-refractivity contribution >= 4 is 40.3 Å². The molecule has 1 aromatic carbocycles. The predicted molar refractivity (Wildman–Crippen MR) is 140 cm³/mol. The van der Waals surface area contributed by atoms with Crippen molar-refractivity contribution in [2.45, 2.75) is 78.5 Å². The van der Waals surface area contributed by atoms with Crippen molar-refractivity contribution in [2.24, 2.45) is 5.92 Å². The lowest BCUT2D eigenvalue weighted by Gasteiger charge is -2.26. The molecule has 0 aliphatic carbocycles. The summed E-state index contributed by atoms with van der Waals surface area (Å²) in [6.45, 7) is 11.3. The summed E-state index contributed by atoms with van der Waals surface area (Å²) in [5.74, 6) is -0.139. The molecule has 0 aliphatic rings. The number of carbonyl (C=O) groups excluding carboxylic acids is 2. The lowest BCUT2D eigenvalue weighted by Crippen LogP contribution is -2.49. The zero-order valence-electron chi connectivity index (χ0n) is 21.1. The lowest BCUT2D eigenvalue weighted by molar-refractivity contribution is -0.124. The van der Waals surface area contributed by atoms with Gasteiger partial charge < -0.3 is 15.4 Å². The van der Waals surface area contributed by atoms with Gasteiger partial charge >= 0.3 is 6.09 Å². The molecule has 11 heteroatoms. The van der Waals surface area contributed by atoms with Gasteiger partial charge in [0.05, 0.1) is 11.7 Å². The first-order valence-electron chi connectivity index (χ1n) is 11.6. The number of amides is 2. The van der Waals surface area contributed by atoms with Crippen LogP contribution in [0, 0.1) is 5.92 Å². The zero-order valence-corrected chi connectivity index (χ0v) is 22.7. The van der Waals surface area contributed by atoms with Crippen molar-refractivity contribution in [2.75, 3.05) is 4.72 Å². The van der Waals surface area contributed by atoms with Gasteiger partial charge in [0, 0.05) is 11.1 Å². The highest BCUT2D eigenvalue weighted by atomic mass is 32.2. The van der Waals surface area contributed by atoms with E-state index >= 15 is 0 Å². The molecule has 4 N–H and O–H groups in total. The van der Waals surface area contributed by atoms with Crippen LogP contribution < -0.4 is 15.4 Å². The fourth-order valence-corrected chi connectivity index (χ4v) is 4.61. The van der Waals surface area contributed by atoms with Crippen LogP contribution in [-0.2, 0) is 33.6 Å². The average molecular weight is 525 g/mol. The third-order valence-corrected chi connectivity index (χ3v) is 6.28. The fourth-order valence-electron chi connectivity index (χ4n) is 3.32. The standard InChI is InChI=1S/C24H36N4O5S2/c1-7-17-14-34-22(25-17)20(13-16-8-10-18(11-9-16)28-35(31)32)26-21(29)19(12-15(2)3)27-23(30)33-24(4,5)6/h8-11,14-15,19-20,28H,7,12-13H2,1-6H3,(H,26,29)(H,27,30)(H,31,32)/t19-,20-/m0/s1. The number of carbonyl (C=O) groups is 2. The van der Waals surface area contributed by atoms with Crippen LogP contribution in [0.5, 0.6) is 0 Å². The minimum absolute atomic E-state index is 0.169. The number of aryl methyl sites for hydroxylation is 1. The first-order chi connectivity index (χ1) is 16.4. The largest absolute Gasteiger partial charge is 0.444 e. The number of ether oxygens (including phenoxy) is 1. The highest BCUT2D eigenvalue weighted by Crippen LogP contribution is 2.24. The maximum atomic E-state index is 13.3. The summed E-state index contributed by atoms with van der Waals surface area (Å²) in [5, 5.41) is 8.54. The summed E-state index contributed by atoms with van der Waals surface area (Å²) in [5.41, 5.74) is 1.70.